The average Bonchev–Trinajstić information content (AvgIpc) is 3.11. The van der Waals surface area contributed by atoms with E-state index in [1.807, 2.05) is 18.5 Å². The van der Waals surface area contributed by atoms with Crippen molar-refractivity contribution in [3.63, 3.8) is 0 Å². The Kier molecular flexibility index (Phi) is 7.05. The third-order valence-electron chi connectivity index (χ3n) is 4.59. The van der Waals surface area contributed by atoms with Crippen LogP contribution in [0.2, 0.25) is 0 Å². The molecule has 0 aliphatic carbocycles. The van der Waals surface area contributed by atoms with Gasteiger partial charge in [0.05, 0.1) is 23.7 Å². The fourth-order valence-corrected chi connectivity index (χ4v) is 3.21. The van der Waals surface area contributed by atoms with Crippen LogP contribution in [0.25, 0.3) is 0 Å². The Morgan fingerprint density at radius 3 is 2.88 bits per heavy atom. The number of anilines is 1. The average molecular weight is 337 g/mol. The van der Waals surface area contributed by atoms with Crippen LogP contribution in [0.15, 0.2) is 0 Å². The van der Waals surface area contributed by atoms with Crippen LogP contribution in [0, 0.1) is 19.8 Å². The van der Waals surface area contributed by atoms with Crippen LogP contribution >= 0.6 is 0 Å². The molecule has 1 aromatic heterocycles. The molecule has 7 nitrogen and oxygen atoms in total. The Balaban J connectivity index is 1.78. The molecule has 0 unspecified atom stereocenters. The zero-order valence-electron chi connectivity index (χ0n) is 15.4. The van der Waals surface area contributed by atoms with E-state index in [2.05, 4.69) is 27.6 Å². The number of aryl methyl sites for hydroxylation is 2. The highest BCUT2D eigenvalue weighted by Gasteiger charge is 2.22. The number of nitrogens with one attached hydrogen (secondary N) is 2. The molecule has 2 amide bonds. The van der Waals surface area contributed by atoms with Crippen molar-refractivity contribution < 1.29 is 9.53 Å². The van der Waals surface area contributed by atoms with Crippen LogP contribution in [0.5, 0.6) is 0 Å². The maximum absolute atomic E-state index is 12.2. The molecule has 1 saturated heterocycles. The SMILES string of the molecule is CCCn1nc(C)c(NC(=O)NC[C@H]2CCN(CCOC)C2)c1C. The Labute approximate surface area is 144 Å². The number of carbonyl (C=O) groups is 1. The number of nitrogens with zero attached hydrogens (tertiary/aromatic N) is 3. The molecule has 2 N–H and O–H groups in total. The predicted octanol–water partition coefficient (Wildman–Crippen LogP) is 2.00. The lowest BCUT2D eigenvalue weighted by atomic mass is 10.1. The van der Waals surface area contributed by atoms with Gasteiger partial charge >= 0.3 is 6.03 Å². The number of hydrogen-bond donors (Lipinski definition) is 2. The molecule has 136 valence electrons. The van der Waals surface area contributed by atoms with Crippen molar-refractivity contribution in [1.82, 2.24) is 20.0 Å². The molecule has 2 rings (SSSR count). The Bertz CT molecular complexity index is 543. The first kappa shape index (κ1) is 18.7. The van der Waals surface area contributed by atoms with Crippen LogP contribution in [-0.4, -0.2) is 60.6 Å². The summed E-state index contributed by atoms with van der Waals surface area (Å²) in [6, 6.07) is -0.146. The van der Waals surface area contributed by atoms with Gasteiger partial charge in [-0.1, -0.05) is 6.92 Å². The molecule has 1 atom stereocenters. The van der Waals surface area contributed by atoms with Crippen molar-refractivity contribution in [2.24, 2.45) is 5.92 Å². The van der Waals surface area contributed by atoms with Gasteiger partial charge < -0.3 is 20.3 Å². The summed E-state index contributed by atoms with van der Waals surface area (Å²) in [5.41, 5.74) is 2.70. The van der Waals surface area contributed by atoms with Crippen molar-refractivity contribution >= 4 is 11.7 Å². The number of hydrogen-bond acceptors (Lipinski definition) is 4. The molecule has 1 aromatic rings. The minimum absolute atomic E-state index is 0.146. The standard InChI is InChI=1S/C17H31N5O2/c1-5-7-22-14(3)16(13(2)20-22)19-17(23)18-11-15-6-8-21(12-15)9-10-24-4/h15H,5-12H2,1-4H3,(H2,18,19,23)/t15-/m1/s1. The molecular weight excluding hydrogens is 306 g/mol. The number of aromatic nitrogens is 2. The van der Waals surface area contributed by atoms with Gasteiger partial charge in [0.1, 0.15) is 0 Å². The molecule has 24 heavy (non-hydrogen) atoms. The molecule has 1 aliphatic rings. The van der Waals surface area contributed by atoms with E-state index < -0.39 is 0 Å². The van der Waals surface area contributed by atoms with E-state index >= 15 is 0 Å². The summed E-state index contributed by atoms with van der Waals surface area (Å²) in [7, 11) is 1.73. The van der Waals surface area contributed by atoms with Crippen LogP contribution in [0.4, 0.5) is 10.5 Å². The monoisotopic (exact) mass is 337 g/mol. The molecule has 1 aliphatic heterocycles. The lowest BCUT2D eigenvalue weighted by Gasteiger charge is -2.16. The van der Waals surface area contributed by atoms with Crippen LogP contribution in [0.1, 0.15) is 31.2 Å². The Hall–Kier alpha value is -1.60. The number of likely N-dealkylation sites (tertiary alicyclic amines) is 1. The second-order valence-corrected chi connectivity index (χ2v) is 6.55. The first-order valence-electron chi connectivity index (χ1n) is 8.85. The van der Waals surface area contributed by atoms with Gasteiger partial charge in [0.25, 0.3) is 0 Å². The van der Waals surface area contributed by atoms with E-state index in [0.717, 1.165) is 62.7 Å². The van der Waals surface area contributed by atoms with Gasteiger partial charge in [0, 0.05) is 33.3 Å². The maximum atomic E-state index is 12.2. The first-order valence-corrected chi connectivity index (χ1v) is 8.85. The second-order valence-electron chi connectivity index (χ2n) is 6.55. The maximum Gasteiger partial charge on any atom is 0.319 e. The normalized spacial score (nSPS) is 18.1. The summed E-state index contributed by atoms with van der Waals surface area (Å²) >= 11 is 0. The van der Waals surface area contributed by atoms with Crippen LogP contribution < -0.4 is 10.6 Å². The molecule has 0 saturated carbocycles. The van der Waals surface area contributed by atoms with Gasteiger partial charge in [-0.25, -0.2) is 4.79 Å². The van der Waals surface area contributed by atoms with Gasteiger partial charge in [-0.2, -0.15) is 5.10 Å². The molecule has 0 bridgehead atoms. The number of ether oxygens (including phenoxy) is 1. The molecule has 2 heterocycles. The van der Waals surface area contributed by atoms with E-state index in [9.17, 15) is 4.79 Å². The molecular formula is C17H31N5O2. The fourth-order valence-electron chi connectivity index (χ4n) is 3.21. The summed E-state index contributed by atoms with van der Waals surface area (Å²) < 4.78 is 7.07. The van der Waals surface area contributed by atoms with E-state index in [4.69, 9.17) is 4.74 Å². The van der Waals surface area contributed by atoms with Crippen LogP contribution in [0.3, 0.4) is 0 Å². The minimum atomic E-state index is -0.146. The number of amides is 2. The largest absolute Gasteiger partial charge is 0.383 e. The topological polar surface area (TPSA) is 71.4 Å². The Morgan fingerprint density at radius 1 is 1.38 bits per heavy atom. The third-order valence-corrected chi connectivity index (χ3v) is 4.59. The predicted molar refractivity (Wildman–Crippen MR) is 95.4 cm³/mol. The Morgan fingerprint density at radius 2 is 2.17 bits per heavy atom. The molecule has 0 spiro atoms. The van der Waals surface area contributed by atoms with E-state index in [0.29, 0.717) is 12.5 Å². The van der Waals surface area contributed by atoms with Crippen LogP contribution in [-0.2, 0) is 11.3 Å². The fraction of sp³-hybridized carbons (Fsp3) is 0.765. The van der Waals surface area contributed by atoms with Gasteiger partial charge in [-0.05, 0) is 39.2 Å². The molecule has 1 fully saturated rings. The van der Waals surface area contributed by atoms with Gasteiger partial charge in [0.2, 0.25) is 0 Å². The van der Waals surface area contributed by atoms with Crippen molar-refractivity contribution in [1.29, 1.82) is 0 Å². The van der Waals surface area contributed by atoms with Crippen molar-refractivity contribution in [3.8, 4) is 0 Å². The van der Waals surface area contributed by atoms with Gasteiger partial charge in [-0.3, -0.25) is 4.68 Å². The minimum Gasteiger partial charge on any atom is -0.383 e. The highest BCUT2D eigenvalue weighted by Crippen LogP contribution is 2.20. The lowest BCUT2D eigenvalue weighted by Crippen LogP contribution is -2.34. The summed E-state index contributed by atoms with van der Waals surface area (Å²) in [5, 5.41) is 10.4. The summed E-state index contributed by atoms with van der Waals surface area (Å²) in [6.07, 6.45) is 2.14. The van der Waals surface area contributed by atoms with Crippen molar-refractivity contribution in [3.05, 3.63) is 11.4 Å². The smallest absolute Gasteiger partial charge is 0.319 e. The zero-order chi connectivity index (χ0) is 17.5. The molecule has 7 heteroatoms. The first-order chi connectivity index (χ1) is 11.5. The van der Waals surface area contributed by atoms with E-state index in [1.165, 1.54) is 0 Å². The lowest BCUT2D eigenvalue weighted by molar-refractivity contribution is 0.159. The number of rotatable bonds is 8. The molecule has 0 radical (unpaired) electrons. The summed E-state index contributed by atoms with van der Waals surface area (Å²) in [6.45, 7) is 11.5. The quantitative estimate of drug-likeness (QED) is 0.761. The molecule has 0 aromatic carbocycles. The number of urea groups is 1. The third kappa shape index (κ3) is 4.95. The van der Waals surface area contributed by atoms with E-state index in [-0.39, 0.29) is 6.03 Å². The highest BCUT2D eigenvalue weighted by molar-refractivity contribution is 5.90. The van der Waals surface area contributed by atoms with Crippen molar-refractivity contribution in [2.75, 3.05) is 45.2 Å². The van der Waals surface area contributed by atoms with E-state index in [1.54, 1.807) is 7.11 Å². The highest BCUT2D eigenvalue weighted by atomic mass is 16.5. The van der Waals surface area contributed by atoms with Gasteiger partial charge in [0.15, 0.2) is 0 Å². The summed E-state index contributed by atoms with van der Waals surface area (Å²) in [5.74, 6) is 0.512. The van der Waals surface area contributed by atoms with Crippen molar-refractivity contribution in [2.45, 2.75) is 40.2 Å². The summed E-state index contributed by atoms with van der Waals surface area (Å²) in [4.78, 5) is 14.6. The number of carbonyl (C=O) groups excluding carboxylic acids is 1. The second kappa shape index (κ2) is 9.03. The number of methoxy groups -OCH3 is 1. The van der Waals surface area contributed by atoms with Gasteiger partial charge in [-0.15, -0.1) is 0 Å². The zero-order valence-corrected chi connectivity index (χ0v) is 15.4.